The van der Waals surface area contributed by atoms with E-state index in [9.17, 15) is 0 Å². The summed E-state index contributed by atoms with van der Waals surface area (Å²) in [5, 5.41) is 8.55. The maximum absolute atomic E-state index is 8.55. The lowest BCUT2D eigenvalue weighted by atomic mass is 10.4. The maximum atomic E-state index is 8.55. The lowest BCUT2D eigenvalue weighted by molar-refractivity contribution is -0.0313. The Morgan fingerprint density at radius 2 is 1.50 bits per heavy atom. The minimum Gasteiger partial charge on any atom is -0.394 e. The van der Waals surface area contributed by atoms with Crippen LogP contribution in [-0.2, 0) is 9.47 Å². The van der Waals surface area contributed by atoms with Gasteiger partial charge in [-0.05, 0) is 27.7 Å². The van der Waals surface area contributed by atoms with E-state index in [4.69, 9.17) is 14.6 Å². The van der Waals surface area contributed by atoms with Crippen molar-refractivity contribution in [2.75, 3.05) is 20.3 Å². The van der Waals surface area contributed by atoms with E-state index >= 15 is 0 Å². The molecule has 0 radical (unpaired) electrons. The predicted molar refractivity (Wildman–Crippen MR) is 70.7 cm³/mol. The van der Waals surface area contributed by atoms with E-state index in [-0.39, 0.29) is 18.8 Å². The summed E-state index contributed by atoms with van der Waals surface area (Å²) in [6.07, 6.45) is 3.52. The first-order valence-electron chi connectivity index (χ1n) is 5.43. The fourth-order valence-corrected chi connectivity index (χ4v) is 0.421. The molecule has 0 heterocycles. The Bertz CT molecular complexity index is 119. The van der Waals surface area contributed by atoms with Gasteiger partial charge in [-0.15, -0.1) is 13.2 Å². The van der Waals surface area contributed by atoms with Crippen LogP contribution >= 0.6 is 0 Å². The Hall–Kier alpha value is -0.640. The topological polar surface area (TPSA) is 38.7 Å². The van der Waals surface area contributed by atoms with Crippen LogP contribution in [0.5, 0.6) is 0 Å². The molecule has 0 saturated heterocycles. The van der Waals surface area contributed by atoms with E-state index in [0.717, 1.165) is 0 Å². The summed E-state index contributed by atoms with van der Waals surface area (Å²) in [6, 6.07) is 0. The molecule has 0 amide bonds. The highest BCUT2D eigenvalue weighted by Gasteiger charge is 2.03. The van der Waals surface area contributed by atoms with Crippen LogP contribution in [0.3, 0.4) is 0 Å². The van der Waals surface area contributed by atoms with Gasteiger partial charge in [0.25, 0.3) is 0 Å². The van der Waals surface area contributed by atoms with E-state index in [0.29, 0.717) is 6.61 Å². The molecule has 0 aliphatic heterocycles. The van der Waals surface area contributed by atoms with E-state index < -0.39 is 0 Å². The van der Waals surface area contributed by atoms with Gasteiger partial charge in [0.1, 0.15) is 0 Å². The van der Waals surface area contributed by atoms with Crippen LogP contribution in [0, 0.1) is 0 Å². The highest BCUT2D eigenvalue weighted by molar-refractivity contribution is 4.52. The molecule has 98 valence electrons. The normalized spacial score (nSPS) is 12.1. The van der Waals surface area contributed by atoms with Crippen LogP contribution in [0.25, 0.3) is 0 Å². The lowest BCUT2D eigenvalue weighted by Crippen LogP contribution is -2.21. The Balaban J connectivity index is -0.000000235. The average Bonchev–Trinajstić information content (AvgIpc) is 2.27. The predicted octanol–water partition coefficient (Wildman–Crippen LogP) is 2.80. The van der Waals surface area contributed by atoms with Crippen LogP contribution in [-0.4, -0.2) is 37.6 Å². The minimum absolute atomic E-state index is 0.0659. The first kappa shape index (κ1) is 20.7. The summed E-state index contributed by atoms with van der Waals surface area (Å²) in [7, 11) is 1.64. The highest BCUT2D eigenvalue weighted by Crippen LogP contribution is 1.93. The fourth-order valence-electron chi connectivity index (χ4n) is 0.421. The number of aliphatic hydroxyl groups excluding tert-OH is 1. The van der Waals surface area contributed by atoms with Gasteiger partial charge in [-0.25, -0.2) is 0 Å². The number of hydrogen-bond acceptors (Lipinski definition) is 3. The van der Waals surface area contributed by atoms with E-state index in [1.165, 1.54) is 0 Å². The second kappa shape index (κ2) is 19.9. The largest absolute Gasteiger partial charge is 0.394 e. The van der Waals surface area contributed by atoms with Gasteiger partial charge < -0.3 is 14.6 Å². The van der Waals surface area contributed by atoms with Crippen LogP contribution in [0.15, 0.2) is 25.3 Å². The summed E-state index contributed by atoms with van der Waals surface area (Å²) in [5.41, 5.74) is 0. The third kappa shape index (κ3) is 29.2. The molecule has 3 nitrogen and oxygen atoms in total. The standard InChI is InChI=1S/C7H16O3.2C3H6/c1-6(4-8)10-5-7(2)9-3;2*1-3-2/h6-8H,4-5H2,1-3H3;2*3H,1H2,2H3. The van der Waals surface area contributed by atoms with Crippen molar-refractivity contribution in [1.29, 1.82) is 0 Å². The van der Waals surface area contributed by atoms with Crippen molar-refractivity contribution in [3.8, 4) is 0 Å². The van der Waals surface area contributed by atoms with Crippen LogP contribution in [0.4, 0.5) is 0 Å². The molecule has 2 atom stereocenters. The van der Waals surface area contributed by atoms with Crippen molar-refractivity contribution in [2.24, 2.45) is 0 Å². The van der Waals surface area contributed by atoms with Crippen molar-refractivity contribution in [3.05, 3.63) is 25.3 Å². The molecule has 0 saturated carbocycles. The van der Waals surface area contributed by atoms with Gasteiger partial charge in [-0.2, -0.15) is 0 Å². The van der Waals surface area contributed by atoms with Gasteiger partial charge in [0, 0.05) is 7.11 Å². The van der Waals surface area contributed by atoms with Crippen LogP contribution in [0.1, 0.15) is 27.7 Å². The minimum atomic E-state index is -0.0856. The van der Waals surface area contributed by atoms with Crippen LogP contribution in [0.2, 0.25) is 0 Å². The molecule has 0 aromatic carbocycles. The second-order valence-electron chi connectivity index (χ2n) is 3.19. The van der Waals surface area contributed by atoms with Gasteiger partial charge in [0.15, 0.2) is 0 Å². The SMILES string of the molecule is C=CC.C=CC.COC(C)COC(C)CO. The summed E-state index contributed by atoms with van der Waals surface area (Å²) < 4.78 is 10.1. The van der Waals surface area contributed by atoms with E-state index in [2.05, 4.69) is 13.2 Å². The number of allylic oxidation sites excluding steroid dienone is 2. The number of rotatable bonds is 5. The molecule has 1 N–H and O–H groups in total. The number of ether oxygens (including phenoxy) is 2. The molecule has 16 heavy (non-hydrogen) atoms. The van der Waals surface area contributed by atoms with E-state index in [1.807, 2.05) is 27.7 Å². The Kier molecular flexibility index (Phi) is 25.7. The zero-order valence-electron chi connectivity index (χ0n) is 11.4. The van der Waals surface area contributed by atoms with Crippen molar-refractivity contribution in [2.45, 2.75) is 39.9 Å². The fraction of sp³-hybridized carbons (Fsp3) is 0.692. The van der Waals surface area contributed by atoms with Crippen LogP contribution < -0.4 is 0 Å². The molecule has 2 unspecified atom stereocenters. The third-order valence-corrected chi connectivity index (χ3v) is 1.27. The Labute approximate surface area is 101 Å². The van der Waals surface area contributed by atoms with Crippen molar-refractivity contribution in [1.82, 2.24) is 0 Å². The smallest absolute Gasteiger partial charge is 0.0779 e. The van der Waals surface area contributed by atoms with Gasteiger partial charge in [0.2, 0.25) is 0 Å². The summed E-state index contributed by atoms with van der Waals surface area (Å²) >= 11 is 0. The van der Waals surface area contributed by atoms with Gasteiger partial charge in [-0.3, -0.25) is 0 Å². The van der Waals surface area contributed by atoms with Crippen molar-refractivity contribution >= 4 is 0 Å². The molecule has 0 aliphatic carbocycles. The zero-order chi connectivity index (χ0) is 13.4. The van der Waals surface area contributed by atoms with Gasteiger partial charge >= 0.3 is 0 Å². The lowest BCUT2D eigenvalue weighted by Gasteiger charge is -2.13. The summed E-state index contributed by atoms with van der Waals surface area (Å²) in [5.74, 6) is 0. The zero-order valence-corrected chi connectivity index (χ0v) is 11.4. The van der Waals surface area contributed by atoms with E-state index in [1.54, 1.807) is 19.3 Å². The Morgan fingerprint density at radius 1 is 1.12 bits per heavy atom. The second-order valence-corrected chi connectivity index (χ2v) is 3.19. The summed E-state index contributed by atoms with van der Waals surface area (Å²) in [4.78, 5) is 0. The molecule has 0 aliphatic rings. The van der Waals surface area contributed by atoms with Crippen molar-refractivity contribution < 1.29 is 14.6 Å². The molecule has 0 fully saturated rings. The highest BCUT2D eigenvalue weighted by atomic mass is 16.5. The maximum Gasteiger partial charge on any atom is 0.0779 e. The third-order valence-electron chi connectivity index (χ3n) is 1.27. The molecule has 0 aromatic rings. The van der Waals surface area contributed by atoms with Gasteiger partial charge in [0.05, 0.1) is 25.4 Å². The van der Waals surface area contributed by atoms with Crippen molar-refractivity contribution in [3.63, 3.8) is 0 Å². The van der Waals surface area contributed by atoms with Gasteiger partial charge in [-0.1, -0.05) is 12.2 Å². The summed E-state index contributed by atoms with van der Waals surface area (Å²) in [6.45, 7) is 14.8. The molecule has 0 bridgehead atoms. The molecule has 3 heteroatoms. The molecule has 0 spiro atoms. The molecular weight excluding hydrogens is 204 g/mol. The Morgan fingerprint density at radius 3 is 1.75 bits per heavy atom. The molecule has 0 aromatic heterocycles. The number of aliphatic hydroxyl groups is 1. The monoisotopic (exact) mass is 232 g/mol. The number of hydrogen-bond donors (Lipinski definition) is 1. The number of methoxy groups -OCH3 is 1. The first-order valence-corrected chi connectivity index (χ1v) is 5.43. The quantitative estimate of drug-likeness (QED) is 0.741. The average molecular weight is 232 g/mol. The first-order chi connectivity index (χ1) is 7.53. The molecule has 0 rings (SSSR count). The molecular formula is C13H28O3.